The van der Waals surface area contributed by atoms with Gasteiger partial charge in [-0.25, -0.2) is 4.68 Å². The molecule has 26 heavy (non-hydrogen) atoms. The molecule has 0 spiro atoms. The van der Waals surface area contributed by atoms with Crippen molar-refractivity contribution in [2.24, 2.45) is 0 Å². The van der Waals surface area contributed by atoms with Gasteiger partial charge in [-0.2, -0.15) is 13.2 Å². The minimum Gasteiger partial charge on any atom is -0.378 e. The quantitative estimate of drug-likeness (QED) is 0.836. The van der Waals surface area contributed by atoms with Crippen molar-refractivity contribution in [1.29, 1.82) is 0 Å². The van der Waals surface area contributed by atoms with Crippen molar-refractivity contribution < 1.29 is 22.7 Å². The van der Waals surface area contributed by atoms with Crippen molar-refractivity contribution in [2.45, 2.75) is 25.9 Å². The van der Waals surface area contributed by atoms with Crippen LogP contribution < -0.4 is 0 Å². The molecule has 0 N–H and O–H groups in total. The molecule has 140 valence electrons. The van der Waals surface area contributed by atoms with Gasteiger partial charge in [0.05, 0.1) is 30.2 Å². The fraction of sp³-hybridized carbons (Fsp3) is 0.471. The number of morpholine rings is 1. The van der Waals surface area contributed by atoms with Crippen LogP contribution in [-0.2, 0) is 10.9 Å². The standard InChI is InChI=1S/C17H19F3N4O2/c1-11(2)15-14(16(25)23-6-8-26-9-7-23)21-22-24(15)13-5-3-4-12(10-13)17(18,19)20/h3-5,10-11H,6-9H2,1-2H3. The number of nitrogens with zero attached hydrogens (tertiary/aromatic N) is 4. The number of benzene rings is 1. The summed E-state index contributed by atoms with van der Waals surface area (Å²) in [5.41, 5.74) is 0.0958. The van der Waals surface area contributed by atoms with E-state index in [4.69, 9.17) is 4.74 Å². The van der Waals surface area contributed by atoms with Gasteiger partial charge in [0.15, 0.2) is 5.69 Å². The minimum absolute atomic E-state index is 0.153. The summed E-state index contributed by atoms with van der Waals surface area (Å²) in [7, 11) is 0. The smallest absolute Gasteiger partial charge is 0.378 e. The third-order valence-corrected chi connectivity index (χ3v) is 4.17. The Kier molecular flexibility index (Phi) is 4.99. The second-order valence-electron chi connectivity index (χ2n) is 6.34. The lowest BCUT2D eigenvalue weighted by atomic mass is 10.1. The summed E-state index contributed by atoms with van der Waals surface area (Å²) >= 11 is 0. The lowest BCUT2D eigenvalue weighted by molar-refractivity contribution is -0.137. The molecule has 3 rings (SSSR count). The summed E-state index contributed by atoms with van der Waals surface area (Å²) in [6, 6.07) is 4.82. The second-order valence-corrected chi connectivity index (χ2v) is 6.34. The highest BCUT2D eigenvalue weighted by Crippen LogP contribution is 2.31. The Labute approximate surface area is 148 Å². The molecule has 1 aromatic carbocycles. The van der Waals surface area contributed by atoms with E-state index < -0.39 is 11.7 Å². The van der Waals surface area contributed by atoms with Gasteiger partial charge in [0.1, 0.15) is 0 Å². The molecular formula is C17H19F3N4O2. The van der Waals surface area contributed by atoms with Gasteiger partial charge >= 0.3 is 6.18 Å². The van der Waals surface area contributed by atoms with Crippen LogP contribution in [0.4, 0.5) is 13.2 Å². The van der Waals surface area contributed by atoms with Crippen molar-refractivity contribution in [3.8, 4) is 5.69 Å². The molecule has 1 amide bonds. The molecule has 0 radical (unpaired) electrons. The van der Waals surface area contributed by atoms with Crippen LogP contribution in [0.2, 0.25) is 0 Å². The first-order valence-electron chi connectivity index (χ1n) is 8.29. The number of amides is 1. The van der Waals surface area contributed by atoms with Crippen LogP contribution in [0.15, 0.2) is 24.3 Å². The molecule has 0 unspecified atom stereocenters. The maximum absolute atomic E-state index is 13.0. The number of carbonyl (C=O) groups excluding carboxylic acids is 1. The van der Waals surface area contributed by atoms with Crippen LogP contribution in [-0.4, -0.2) is 52.1 Å². The molecule has 9 heteroatoms. The van der Waals surface area contributed by atoms with E-state index in [1.165, 1.54) is 16.8 Å². The Balaban J connectivity index is 2.02. The topological polar surface area (TPSA) is 60.3 Å². The van der Waals surface area contributed by atoms with E-state index in [9.17, 15) is 18.0 Å². The van der Waals surface area contributed by atoms with Gasteiger partial charge in [-0.05, 0) is 24.1 Å². The number of hydrogen-bond acceptors (Lipinski definition) is 4. The van der Waals surface area contributed by atoms with Gasteiger partial charge in [-0.15, -0.1) is 5.10 Å². The molecule has 0 atom stereocenters. The van der Waals surface area contributed by atoms with Crippen LogP contribution >= 0.6 is 0 Å². The molecule has 1 aliphatic rings. The molecule has 6 nitrogen and oxygen atoms in total. The maximum atomic E-state index is 13.0. The summed E-state index contributed by atoms with van der Waals surface area (Å²) in [5, 5.41) is 7.95. The Hall–Kier alpha value is -2.42. The fourth-order valence-electron chi connectivity index (χ4n) is 2.88. The zero-order valence-electron chi connectivity index (χ0n) is 14.5. The van der Waals surface area contributed by atoms with Gasteiger partial charge in [-0.1, -0.05) is 25.1 Å². The Morgan fingerprint density at radius 3 is 2.54 bits per heavy atom. The largest absolute Gasteiger partial charge is 0.416 e. The number of ether oxygens (including phenoxy) is 1. The number of carbonyl (C=O) groups is 1. The van der Waals surface area contributed by atoms with Crippen molar-refractivity contribution in [2.75, 3.05) is 26.3 Å². The molecule has 0 aliphatic carbocycles. The van der Waals surface area contributed by atoms with Crippen LogP contribution in [0, 0.1) is 0 Å². The second kappa shape index (κ2) is 7.06. The molecule has 1 aromatic heterocycles. The highest BCUT2D eigenvalue weighted by molar-refractivity contribution is 5.93. The van der Waals surface area contributed by atoms with Gasteiger partial charge in [0, 0.05) is 13.1 Å². The first-order valence-corrected chi connectivity index (χ1v) is 8.29. The molecule has 1 fully saturated rings. The average molecular weight is 368 g/mol. The van der Waals surface area contributed by atoms with Crippen LogP contribution in [0.3, 0.4) is 0 Å². The normalized spacial score (nSPS) is 15.5. The first-order chi connectivity index (χ1) is 12.3. The van der Waals surface area contributed by atoms with Gasteiger partial charge < -0.3 is 9.64 Å². The van der Waals surface area contributed by atoms with E-state index >= 15 is 0 Å². The van der Waals surface area contributed by atoms with Crippen LogP contribution in [0.1, 0.15) is 41.5 Å². The van der Waals surface area contributed by atoms with Crippen molar-refractivity contribution in [3.63, 3.8) is 0 Å². The summed E-state index contributed by atoms with van der Waals surface area (Å²) in [6.07, 6.45) is -4.46. The van der Waals surface area contributed by atoms with E-state index in [-0.39, 0.29) is 23.2 Å². The number of hydrogen-bond donors (Lipinski definition) is 0. The monoisotopic (exact) mass is 368 g/mol. The highest BCUT2D eigenvalue weighted by atomic mass is 19.4. The van der Waals surface area contributed by atoms with E-state index in [0.29, 0.717) is 32.0 Å². The van der Waals surface area contributed by atoms with E-state index in [1.54, 1.807) is 4.90 Å². The van der Waals surface area contributed by atoms with Gasteiger partial charge in [-0.3, -0.25) is 4.79 Å². The molecule has 0 saturated carbocycles. The fourth-order valence-corrected chi connectivity index (χ4v) is 2.88. The molecule has 1 aliphatic heterocycles. The maximum Gasteiger partial charge on any atom is 0.416 e. The molecule has 1 saturated heterocycles. The van der Waals surface area contributed by atoms with Gasteiger partial charge in [0.2, 0.25) is 0 Å². The van der Waals surface area contributed by atoms with E-state index in [1.807, 2.05) is 13.8 Å². The van der Waals surface area contributed by atoms with Crippen LogP contribution in [0.25, 0.3) is 5.69 Å². The third-order valence-electron chi connectivity index (χ3n) is 4.17. The third kappa shape index (κ3) is 3.57. The minimum atomic E-state index is -4.46. The van der Waals surface area contributed by atoms with E-state index in [2.05, 4.69) is 10.3 Å². The summed E-state index contributed by atoms with van der Waals surface area (Å²) in [6.45, 7) is 5.49. The summed E-state index contributed by atoms with van der Waals surface area (Å²) in [4.78, 5) is 14.4. The van der Waals surface area contributed by atoms with Crippen molar-refractivity contribution >= 4 is 5.91 Å². The lowest BCUT2D eigenvalue weighted by Gasteiger charge is -2.26. The molecule has 2 aromatic rings. The van der Waals surface area contributed by atoms with Crippen molar-refractivity contribution in [1.82, 2.24) is 19.9 Å². The van der Waals surface area contributed by atoms with Gasteiger partial charge in [0.25, 0.3) is 5.91 Å². The number of aromatic nitrogens is 3. The Morgan fingerprint density at radius 1 is 1.23 bits per heavy atom. The SMILES string of the molecule is CC(C)c1c(C(=O)N2CCOCC2)nnn1-c1cccc(C(F)(F)F)c1. The number of halogens is 3. The van der Waals surface area contributed by atoms with Crippen molar-refractivity contribution in [3.05, 3.63) is 41.2 Å². The lowest BCUT2D eigenvalue weighted by Crippen LogP contribution is -2.41. The Morgan fingerprint density at radius 2 is 1.92 bits per heavy atom. The number of rotatable bonds is 3. The summed E-state index contributed by atoms with van der Waals surface area (Å²) in [5.74, 6) is -0.435. The summed E-state index contributed by atoms with van der Waals surface area (Å²) < 4.78 is 45.6. The molecule has 0 bridgehead atoms. The highest BCUT2D eigenvalue weighted by Gasteiger charge is 2.32. The first kappa shape index (κ1) is 18.4. The zero-order chi connectivity index (χ0) is 18.9. The molecular weight excluding hydrogens is 349 g/mol. The number of alkyl halides is 3. The van der Waals surface area contributed by atoms with Crippen LogP contribution in [0.5, 0.6) is 0 Å². The average Bonchev–Trinajstić information content (AvgIpc) is 3.06. The zero-order valence-corrected chi connectivity index (χ0v) is 14.5. The predicted molar refractivity (Wildman–Crippen MR) is 87.2 cm³/mol. The van der Waals surface area contributed by atoms with E-state index in [0.717, 1.165) is 12.1 Å². The molecule has 2 heterocycles. The predicted octanol–water partition coefficient (Wildman–Crippen LogP) is 2.88. The Bertz CT molecular complexity index is 796.